The highest BCUT2D eigenvalue weighted by Crippen LogP contribution is 2.16. The van der Waals surface area contributed by atoms with E-state index < -0.39 is 0 Å². The highest BCUT2D eigenvalue weighted by molar-refractivity contribution is 5.94. The average Bonchev–Trinajstić information content (AvgIpc) is 3.53. The van der Waals surface area contributed by atoms with Crippen molar-refractivity contribution in [3.63, 3.8) is 0 Å². The summed E-state index contributed by atoms with van der Waals surface area (Å²) >= 11 is 0. The van der Waals surface area contributed by atoms with Gasteiger partial charge in [-0.05, 0) is 61.4 Å². The van der Waals surface area contributed by atoms with Gasteiger partial charge >= 0.3 is 0 Å². The molecule has 0 unspecified atom stereocenters. The Balaban J connectivity index is 1.40. The first-order chi connectivity index (χ1) is 17.0. The first kappa shape index (κ1) is 24.0. The third kappa shape index (κ3) is 6.26. The Bertz CT molecular complexity index is 1260. The largest absolute Gasteiger partial charge is 0.454 e. The molecule has 0 saturated heterocycles. The molecule has 0 bridgehead atoms. The van der Waals surface area contributed by atoms with Gasteiger partial charge in [0.15, 0.2) is 5.76 Å². The Hall–Kier alpha value is -4.13. The molecule has 3 aromatic heterocycles. The monoisotopic (exact) mass is 470 g/mol. The van der Waals surface area contributed by atoms with Crippen LogP contribution in [0.5, 0.6) is 0 Å². The lowest BCUT2D eigenvalue weighted by Gasteiger charge is -2.23. The van der Waals surface area contributed by atoms with Gasteiger partial charge in [0.05, 0.1) is 13.1 Å². The predicted molar refractivity (Wildman–Crippen MR) is 134 cm³/mol. The fraction of sp³-hybridized carbons (Fsp3) is 0.250. The van der Waals surface area contributed by atoms with E-state index in [0.717, 1.165) is 23.2 Å². The Morgan fingerprint density at radius 2 is 1.89 bits per heavy atom. The van der Waals surface area contributed by atoms with E-state index in [9.17, 15) is 9.59 Å². The Morgan fingerprint density at radius 3 is 2.63 bits per heavy atom. The van der Waals surface area contributed by atoms with Gasteiger partial charge in [0.1, 0.15) is 5.76 Å². The molecule has 0 atom stereocenters. The third-order valence-electron chi connectivity index (χ3n) is 5.74. The molecule has 1 aromatic carbocycles. The van der Waals surface area contributed by atoms with Crippen molar-refractivity contribution < 1.29 is 14.0 Å². The second-order valence-electron chi connectivity index (χ2n) is 8.53. The van der Waals surface area contributed by atoms with E-state index in [1.54, 1.807) is 18.5 Å². The third-order valence-corrected chi connectivity index (χ3v) is 5.74. The molecule has 0 saturated carbocycles. The number of hydrogen-bond donors (Lipinski definition) is 1. The number of hydrogen-bond acceptors (Lipinski definition) is 4. The van der Waals surface area contributed by atoms with Gasteiger partial charge in [0.2, 0.25) is 0 Å². The molecule has 7 nitrogen and oxygen atoms in total. The summed E-state index contributed by atoms with van der Waals surface area (Å²) in [5, 5.41) is 2.85. The lowest BCUT2D eigenvalue weighted by molar-refractivity contribution is 0.0739. The van der Waals surface area contributed by atoms with E-state index >= 15 is 0 Å². The smallest absolute Gasteiger partial charge is 0.287 e. The number of carbonyl (C=O) groups is 2. The molecule has 0 fully saturated rings. The lowest BCUT2D eigenvalue weighted by atomic mass is 10.1. The van der Waals surface area contributed by atoms with Crippen LogP contribution in [0.15, 0.2) is 83.7 Å². The maximum Gasteiger partial charge on any atom is 0.287 e. The molecule has 4 rings (SSSR count). The fourth-order valence-electron chi connectivity index (χ4n) is 3.87. The van der Waals surface area contributed by atoms with Crippen LogP contribution in [0.3, 0.4) is 0 Å². The van der Waals surface area contributed by atoms with E-state index in [4.69, 9.17) is 4.42 Å². The van der Waals surface area contributed by atoms with E-state index in [0.29, 0.717) is 37.5 Å². The SMILES string of the molecule is CCCN(Cc1cccn1Cc1ccc(C(=O)NCc2cccnc2)o1)C(=O)c1ccc(C)cc1. The molecule has 3 heterocycles. The van der Waals surface area contributed by atoms with Crippen LogP contribution in [0.4, 0.5) is 0 Å². The lowest BCUT2D eigenvalue weighted by Crippen LogP contribution is -2.32. The fourth-order valence-corrected chi connectivity index (χ4v) is 3.87. The molecule has 0 aliphatic carbocycles. The number of benzene rings is 1. The van der Waals surface area contributed by atoms with Gasteiger partial charge in [-0.15, -0.1) is 0 Å². The van der Waals surface area contributed by atoms with Crippen LogP contribution in [0.1, 0.15) is 56.8 Å². The van der Waals surface area contributed by atoms with Crippen molar-refractivity contribution in [1.82, 2.24) is 19.8 Å². The second-order valence-corrected chi connectivity index (χ2v) is 8.53. The summed E-state index contributed by atoms with van der Waals surface area (Å²) < 4.78 is 7.86. The van der Waals surface area contributed by atoms with Crippen LogP contribution in [0.2, 0.25) is 0 Å². The Kier molecular flexibility index (Phi) is 7.77. The van der Waals surface area contributed by atoms with Crippen molar-refractivity contribution >= 4 is 11.8 Å². The van der Waals surface area contributed by atoms with E-state index in [-0.39, 0.29) is 17.6 Å². The highest BCUT2D eigenvalue weighted by Gasteiger charge is 2.18. The molecule has 35 heavy (non-hydrogen) atoms. The first-order valence-electron chi connectivity index (χ1n) is 11.8. The molecule has 180 valence electrons. The number of furan rings is 1. The molecule has 1 N–H and O–H groups in total. The molecular formula is C28H30N4O3. The second kappa shape index (κ2) is 11.3. The first-order valence-corrected chi connectivity index (χ1v) is 11.8. The quantitative estimate of drug-likeness (QED) is 0.361. The van der Waals surface area contributed by atoms with E-state index in [2.05, 4.69) is 17.2 Å². The van der Waals surface area contributed by atoms with E-state index in [1.807, 2.05) is 77.2 Å². The minimum absolute atomic E-state index is 0.0187. The van der Waals surface area contributed by atoms with Crippen molar-refractivity contribution in [1.29, 1.82) is 0 Å². The molecule has 2 amide bonds. The van der Waals surface area contributed by atoms with Gasteiger partial charge in [0, 0.05) is 42.9 Å². The molecule has 0 spiro atoms. The van der Waals surface area contributed by atoms with Gasteiger partial charge < -0.3 is 19.2 Å². The number of aromatic nitrogens is 2. The van der Waals surface area contributed by atoms with E-state index in [1.165, 1.54) is 0 Å². The number of rotatable bonds is 10. The van der Waals surface area contributed by atoms with Crippen LogP contribution in [-0.4, -0.2) is 32.8 Å². The summed E-state index contributed by atoms with van der Waals surface area (Å²) in [5.41, 5.74) is 3.73. The van der Waals surface area contributed by atoms with Gasteiger partial charge in [-0.1, -0.05) is 30.7 Å². The number of pyridine rings is 1. The van der Waals surface area contributed by atoms with Gasteiger partial charge in [0.25, 0.3) is 11.8 Å². The average molecular weight is 471 g/mol. The van der Waals surface area contributed by atoms with Crippen LogP contribution >= 0.6 is 0 Å². The number of aryl methyl sites for hydroxylation is 1. The van der Waals surface area contributed by atoms with Crippen molar-refractivity contribution in [2.75, 3.05) is 6.54 Å². The van der Waals surface area contributed by atoms with Crippen molar-refractivity contribution in [3.8, 4) is 0 Å². The number of carbonyl (C=O) groups excluding carboxylic acids is 2. The highest BCUT2D eigenvalue weighted by atomic mass is 16.4. The van der Waals surface area contributed by atoms with Crippen molar-refractivity contribution in [2.24, 2.45) is 0 Å². The predicted octanol–water partition coefficient (Wildman–Crippen LogP) is 4.82. The zero-order chi connectivity index (χ0) is 24.6. The van der Waals surface area contributed by atoms with Crippen molar-refractivity contribution in [2.45, 2.75) is 39.9 Å². The zero-order valence-corrected chi connectivity index (χ0v) is 20.1. The Labute approximate surface area is 205 Å². The summed E-state index contributed by atoms with van der Waals surface area (Å²) in [4.78, 5) is 31.5. The number of amides is 2. The molecule has 0 radical (unpaired) electrons. The van der Waals surface area contributed by atoms with Gasteiger partial charge in [-0.3, -0.25) is 14.6 Å². The molecule has 0 aliphatic heterocycles. The molecule has 7 heteroatoms. The summed E-state index contributed by atoms with van der Waals surface area (Å²) in [6.45, 7) is 6.09. The molecule has 4 aromatic rings. The van der Waals surface area contributed by atoms with Crippen LogP contribution in [0, 0.1) is 6.92 Å². The summed E-state index contributed by atoms with van der Waals surface area (Å²) in [7, 11) is 0. The minimum atomic E-state index is -0.273. The van der Waals surface area contributed by atoms with Gasteiger partial charge in [-0.25, -0.2) is 0 Å². The molecular weight excluding hydrogens is 440 g/mol. The molecule has 0 aliphatic rings. The normalized spacial score (nSPS) is 10.8. The Morgan fingerprint density at radius 1 is 1.06 bits per heavy atom. The topological polar surface area (TPSA) is 80.4 Å². The van der Waals surface area contributed by atoms with Crippen LogP contribution < -0.4 is 5.32 Å². The number of nitrogens with zero attached hydrogens (tertiary/aromatic N) is 3. The minimum Gasteiger partial charge on any atom is -0.454 e. The summed E-state index contributed by atoms with van der Waals surface area (Å²) in [6, 6.07) is 18.9. The maximum absolute atomic E-state index is 13.1. The summed E-state index contributed by atoms with van der Waals surface area (Å²) in [6.07, 6.45) is 6.24. The van der Waals surface area contributed by atoms with Crippen LogP contribution in [0.25, 0.3) is 0 Å². The number of nitrogens with one attached hydrogen (secondary N) is 1. The standard InChI is InChI=1S/C28H30N4O3/c1-3-15-32(28(34)23-10-8-21(2)9-11-23)19-24-7-5-16-31(24)20-25-12-13-26(35-25)27(33)30-18-22-6-4-14-29-17-22/h4-14,16-17H,3,15,18-20H2,1-2H3,(H,30,33). The maximum atomic E-state index is 13.1. The van der Waals surface area contributed by atoms with Gasteiger partial charge in [-0.2, -0.15) is 0 Å². The zero-order valence-electron chi connectivity index (χ0n) is 20.1. The summed E-state index contributed by atoms with van der Waals surface area (Å²) in [5.74, 6) is 0.677. The van der Waals surface area contributed by atoms with Crippen LogP contribution in [-0.2, 0) is 19.6 Å². The van der Waals surface area contributed by atoms with Crippen molar-refractivity contribution in [3.05, 3.63) is 113 Å².